The minimum absolute atomic E-state index is 0.0198. The van der Waals surface area contributed by atoms with Crippen LogP contribution in [0.2, 0.25) is 0 Å². The molecule has 0 saturated carbocycles. The molecule has 0 radical (unpaired) electrons. The number of carbonyl (C=O) groups is 1. The lowest BCUT2D eigenvalue weighted by Gasteiger charge is -2.41. The number of nitrogens with zero attached hydrogens (tertiary/aromatic N) is 1. The molecule has 1 N–H and O–H groups in total. The maximum absolute atomic E-state index is 12.8. The second-order valence-electron chi connectivity index (χ2n) is 5.35. The van der Waals surface area contributed by atoms with E-state index in [4.69, 9.17) is 0 Å². The summed E-state index contributed by atoms with van der Waals surface area (Å²) in [5.74, 6) is -0.490. The summed E-state index contributed by atoms with van der Waals surface area (Å²) in [7, 11) is -1.10. The van der Waals surface area contributed by atoms with Gasteiger partial charge in [0.25, 0.3) is 0 Å². The van der Waals surface area contributed by atoms with Crippen molar-refractivity contribution in [2.24, 2.45) is 22.9 Å². The maximum atomic E-state index is 12.8. The molecule has 20 heavy (non-hydrogen) atoms. The summed E-state index contributed by atoms with van der Waals surface area (Å²) < 4.78 is 12.8. The van der Waals surface area contributed by atoms with Crippen molar-refractivity contribution in [1.29, 1.82) is 0 Å². The molecule has 0 aromatic heterocycles. The molecule has 4 nitrogen and oxygen atoms in total. The van der Waals surface area contributed by atoms with Gasteiger partial charge in [0.15, 0.2) is 0 Å². The van der Waals surface area contributed by atoms with Crippen LogP contribution >= 0.6 is 0 Å². The summed E-state index contributed by atoms with van der Waals surface area (Å²) in [5.41, 5.74) is 3.56. The normalized spacial score (nSPS) is 41.0. The lowest BCUT2D eigenvalue weighted by Crippen LogP contribution is -2.51. The van der Waals surface area contributed by atoms with E-state index >= 15 is 0 Å². The van der Waals surface area contributed by atoms with Gasteiger partial charge >= 0.3 is 0 Å². The first kappa shape index (κ1) is 12.0. The SMILES string of the molecule is O=C1NN=C2C3C=CCC=CC3S(=O)C3=CC=CC1C32. The van der Waals surface area contributed by atoms with Crippen molar-refractivity contribution in [3.63, 3.8) is 0 Å². The lowest BCUT2D eigenvalue weighted by atomic mass is 9.77. The van der Waals surface area contributed by atoms with Gasteiger partial charge in [0.05, 0.1) is 27.7 Å². The Morgan fingerprint density at radius 3 is 2.95 bits per heavy atom. The number of hydrogen-bond donors (Lipinski definition) is 1. The third-order valence-corrected chi connectivity index (χ3v) is 6.08. The van der Waals surface area contributed by atoms with Crippen molar-refractivity contribution in [3.05, 3.63) is 47.4 Å². The van der Waals surface area contributed by atoms with Crippen LogP contribution in [0.15, 0.2) is 52.5 Å². The molecule has 0 aromatic rings. The van der Waals surface area contributed by atoms with E-state index in [1.807, 2.05) is 24.3 Å². The van der Waals surface area contributed by atoms with Crippen molar-refractivity contribution in [1.82, 2.24) is 5.43 Å². The molecule has 4 aliphatic rings. The molecule has 2 aliphatic heterocycles. The fourth-order valence-corrected chi connectivity index (χ4v) is 5.14. The third kappa shape index (κ3) is 1.56. The molecular weight excluding hydrogens is 272 g/mol. The van der Waals surface area contributed by atoms with Crippen LogP contribution in [0.5, 0.6) is 0 Å². The first-order valence-electron chi connectivity index (χ1n) is 6.77. The molecule has 1 fully saturated rings. The number of allylic oxidation sites excluding steroid dienone is 6. The van der Waals surface area contributed by atoms with Crippen molar-refractivity contribution >= 4 is 22.4 Å². The summed E-state index contributed by atoms with van der Waals surface area (Å²) in [6.07, 6.45) is 14.7. The second-order valence-corrected chi connectivity index (χ2v) is 6.96. The van der Waals surface area contributed by atoms with E-state index in [9.17, 15) is 9.00 Å². The zero-order chi connectivity index (χ0) is 13.7. The van der Waals surface area contributed by atoms with Gasteiger partial charge in [0, 0.05) is 16.7 Å². The van der Waals surface area contributed by atoms with Crippen LogP contribution in [0.3, 0.4) is 0 Å². The zero-order valence-corrected chi connectivity index (χ0v) is 11.5. The van der Waals surface area contributed by atoms with Gasteiger partial charge in [-0.2, -0.15) is 5.10 Å². The fourth-order valence-electron chi connectivity index (χ4n) is 3.34. The summed E-state index contributed by atoms with van der Waals surface area (Å²) >= 11 is 0. The van der Waals surface area contributed by atoms with Crippen LogP contribution in [-0.4, -0.2) is 21.1 Å². The Bertz CT molecular complexity index is 657. The smallest absolute Gasteiger partial charge is 0.248 e. The standard InChI is InChI=1S/C15H14N2O2S/c18-15-10-6-4-8-12-13(10)14(16-17-15)9-5-2-1-3-7-11(9)20(12)19/h2-11,13H,1H2,(H,17,18). The van der Waals surface area contributed by atoms with E-state index in [0.717, 1.165) is 17.0 Å². The molecule has 5 atom stereocenters. The van der Waals surface area contributed by atoms with Crippen molar-refractivity contribution in [2.45, 2.75) is 11.7 Å². The average Bonchev–Trinajstić information content (AvgIpc) is 2.72. The molecule has 102 valence electrons. The quantitative estimate of drug-likeness (QED) is 0.685. The van der Waals surface area contributed by atoms with E-state index in [0.29, 0.717) is 0 Å². The Morgan fingerprint density at radius 1 is 1.20 bits per heavy atom. The van der Waals surface area contributed by atoms with Crippen LogP contribution < -0.4 is 5.43 Å². The topological polar surface area (TPSA) is 58.5 Å². The maximum Gasteiger partial charge on any atom is 0.248 e. The Labute approximate surface area is 119 Å². The highest BCUT2D eigenvalue weighted by atomic mass is 32.2. The number of hydrazone groups is 1. The van der Waals surface area contributed by atoms with Crippen molar-refractivity contribution in [2.75, 3.05) is 0 Å². The zero-order valence-electron chi connectivity index (χ0n) is 10.7. The fraction of sp³-hybridized carbons (Fsp3) is 0.333. The lowest BCUT2D eigenvalue weighted by molar-refractivity contribution is -0.124. The van der Waals surface area contributed by atoms with E-state index in [2.05, 4.69) is 28.8 Å². The predicted molar refractivity (Wildman–Crippen MR) is 78.1 cm³/mol. The summed E-state index contributed by atoms with van der Waals surface area (Å²) in [6, 6.07) is 0. The van der Waals surface area contributed by atoms with Crippen molar-refractivity contribution < 1.29 is 9.00 Å². The van der Waals surface area contributed by atoms with Gasteiger partial charge in [-0.3, -0.25) is 9.00 Å². The average molecular weight is 286 g/mol. The molecule has 5 unspecified atom stereocenters. The molecule has 1 saturated heterocycles. The van der Waals surface area contributed by atoms with Gasteiger partial charge in [-0.1, -0.05) is 36.5 Å². The van der Waals surface area contributed by atoms with E-state index in [1.165, 1.54) is 0 Å². The number of amides is 1. The number of carbonyl (C=O) groups excluding carboxylic acids is 1. The first-order valence-corrected chi connectivity index (χ1v) is 7.98. The Balaban J connectivity index is 1.90. The van der Waals surface area contributed by atoms with Crippen LogP contribution in [-0.2, 0) is 15.6 Å². The predicted octanol–water partition coefficient (Wildman–Crippen LogP) is 1.42. The summed E-state index contributed by atoms with van der Waals surface area (Å²) in [5, 5.41) is 4.23. The van der Waals surface area contributed by atoms with Gasteiger partial charge in [0.1, 0.15) is 0 Å². The number of rotatable bonds is 0. The monoisotopic (exact) mass is 286 g/mol. The molecule has 2 heterocycles. The third-order valence-electron chi connectivity index (χ3n) is 4.28. The second kappa shape index (κ2) is 4.38. The van der Waals surface area contributed by atoms with Gasteiger partial charge in [-0.25, -0.2) is 5.43 Å². The Kier molecular flexibility index (Phi) is 2.63. The van der Waals surface area contributed by atoms with E-state index in [1.54, 1.807) is 0 Å². The number of fused-ring (bicyclic) bond motifs is 2. The molecule has 1 amide bonds. The minimum Gasteiger partial charge on any atom is -0.272 e. The van der Waals surface area contributed by atoms with Gasteiger partial charge < -0.3 is 0 Å². The molecule has 5 heteroatoms. The van der Waals surface area contributed by atoms with Crippen LogP contribution in [0.25, 0.3) is 0 Å². The highest BCUT2D eigenvalue weighted by molar-refractivity contribution is 7.90. The molecule has 0 spiro atoms. The van der Waals surface area contributed by atoms with Crippen LogP contribution in [0.4, 0.5) is 0 Å². The van der Waals surface area contributed by atoms with Crippen LogP contribution in [0, 0.1) is 17.8 Å². The molecular formula is C15H14N2O2S. The summed E-state index contributed by atoms with van der Waals surface area (Å²) in [6.45, 7) is 0. The Morgan fingerprint density at radius 2 is 2.05 bits per heavy atom. The van der Waals surface area contributed by atoms with Gasteiger partial charge in [0.2, 0.25) is 5.91 Å². The van der Waals surface area contributed by atoms with Crippen LogP contribution in [0.1, 0.15) is 6.42 Å². The van der Waals surface area contributed by atoms with Gasteiger partial charge in [-0.15, -0.1) is 0 Å². The number of hydrogen-bond acceptors (Lipinski definition) is 3. The number of nitrogens with one attached hydrogen (secondary N) is 1. The Hall–Kier alpha value is -1.75. The minimum atomic E-state index is -1.10. The molecule has 0 aromatic carbocycles. The molecule has 2 aliphatic carbocycles. The summed E-state index contributed by atoms with van der Waals surface area (Å²) in [4.78, 5) is 12.8. The molecule has 4 rings (SSSR count). The van der Waals surface area contributed by atoms with Gasteiger partial charge in [-0.05, 0) is 12.5 Å². The largest absolute Gasteiger partial charge is 0.272 e. The van der Waals surface area contributed by atoms with E-state index in [-0.39, 0.29) is 28.9 Å². The highest BCUT2D eigenvalue weighted by Crippen LogP contribution is 2.42. The van der Waals surface area contributed by atoms with E-state index < -0.39 is 10.8 Å². The molecule has 0 bridgehead atoms. The highest BCUT2D eigenvalue weighted by Gasteiger charge is 2.49. The van der Waals surface area contributed by atoms with Crippen molar-refractivity contribution in [3.8, 4) is 0 Å². The first-order chi connectivity index (χ1) is 9.77.